The Labute approximate surface area is 140 Å². The fraction of sp³-hybridized carbons (Fsp3) is 0.105. The van der Waals surface area contributed by atoms with Crippen molar-refractivity contribution in [2.45, 2.75) is 16.8 Å². The van der Waals surface area contributed by atoms with E-state index in [-0.39, 0.29) is 5.25 Å². The first-order valence-corrected chi connectivity index (χ1v) is 8.15. The summed E-state index contributed by atoms with van der Waals surface area (Å²) in [5.74, 6) is 2.74. The summed E-state index contributed by atoms with van der Waals surface area (Å²) >= 11 is 1.55. The molecule has 0 aliphatic heterocycles. The quantitative estimate of drug-likeness (QED) is 0.516. The van der Waals surface area contributed by atoms with Gasteiger partial charge in [-0.05, 0) is 5.56 Å². The van der Waals surface area contributed by atoms with E-state index in [1.54, 1.807) is 18.0 Å². The van der Waals surface area contributed by atoms with Crippen molar-refractivity contribution in [2.75, 3.05) is 0 Å². The first-order chi connectivity index (χ1) is 11.4. The number of benzene rings is 2. The fourth-order valence-corrected chi connectivity index (χ4v) is 3.19. The van der Waals surface area contributed by atoms with Crippen LogP contribution in [0.5, 0.6) is 0 Å². The van der Waals surface area contributed by atoms with Gasteiger partial charge in [0.15, 0.2) is 0 Å². The Hall–Kier alpha value is -2.64. The predicted octanol–water partition coefficient (Wildman–Crippen LogP) is 4.40. The Kier molecular flexibility index (Phi) is 5.02. The molecule has 0 saturated heterocycles. The molecule has 0 N–H and O–H groups in total. The van der Waals surface area contributed by atoms with Gasteiger partial charge in [0.25, 0.3) is 0 Å². The van der Waals surface area contributed by atoms with Crippen LogP contribution in [0.4, 0.5) is 0 Å². The van der Waals surface area contributed by atoms with Gasteiger partial charge >= 0.3 is 0 Å². The average Bonchev–Trinajstić information content (AvgIpc) is 2.63. The minimum atomic E-state index is 0.119. The van der Waals surface area contributed by atoms with Crippen molar-refractivity contribution < 1.29 is 0 Å². The summed E-state index contributed by atoms with van der Waals surface area (Å²) in [6.45, 7) is 0. The lowest BCUT2D eigenvalue weighted by molar-refractivity contribution is 0.835. The molecule has 0 amide bonds. The molecule has 4 heteroatoms. The second-order valence-corrected chi connectivity index (χ2v) is 6.09. The third-order valence-electron chi connectivity index (χ3n) is 3.33. The molecule has 1 aromatic heterocycles. The molecule has 3 aromatic rings. The molecule has 0 fully saturated rings. The largest absolute Gasteiger partial charge is 0.219 e. The number of nitrogens with zero attached hydrogens (tertiary/aromatic N) is 3. The van der Waals surface area contributed by atoms with Crippen LogP contribution in [0.3, 0.4) is 0 Å². The number of hydrogen-bond donors (Lipinski definition) is 0. The van der Waals surface area contributed by atoms with E-state index in [0.29, 0.717) is 11.6 Å². The third-order valence-corrected chi connectivity index (χ3v) is 4.44. The van der Waals surface area contributed by atoms with Crippen molar-refractivity contribution in [2.24, 2.45) is 0 Å². The van der Waals surface area contributed by atoms with Gasteiger partial charge in [0.05, 0.1) is 11.9 Å². The summed E-state index contributed by atoms with van der Waals surface area (Å²) < 4.78 is 0. The van der Waals surface area contributed by atoms with Crippen LogP contribution in [0.25, 0.3) is 11.3 Å². The first kappa shape index (κ1) is 15.3. The second kappa shape index (κ2) is 7.57. The summed E-state index contributed by atoms with van der Waals surface area (Å²) in [6.07, 6.45) is 7.82. The van der Waals surface area contributed by atoms with Gasteiger partial charge < -0.3 is 0 Å². The summed E-state index contributed by atoms with van der Waals surface area (Å²) in [5.41, 5.74) is 3.01. The lowest BCUT2D eigenvalue weighted by atomic mass is 10.1. The number of thioether (sulfide) groups is 1. The molecule has 1 atom stereocenters. The van der Waals surface area contributed by atoms with Crippen molar-refractivity contribution in [1.82, 2.24) is 15.2 Å². The maximum absolute atomic E-state index is 5.52. The topological polar surface area (TPSA) is 38.7 Å². The molecular formula is C19H15N3S. The van der Waals surface area contributed by atoms with Gasteiger partial charge in [-0.2, -0.15) is 5.10 Å². The van der Waals surface area contributed by atoms with Gasteiger partial charge in [0, 0.05) is 17.2 Å². The van der Waals surface area contributed by atoms with Crippen LogP contribution in [0.15, 0.2) is 72.0 Å². The zero-order valence-electron chi connectivity index (χ0n) is 12.5. The first-order valence-electron chi connectivity index (χ1n) is 7.27. The highest BCUT2D eigenvalue weighted by Gasteiger charge is 2.14. The molecule has 0 spiro atoms. The molecule has 3 nitrogen and oxygen atoms in total. The van der Waals surface area contributed by atoms with E-state index < -0.39 is 0 Å². The highest BCUT2D eigenvalue weighted by atomic mass is 32.2. The minimum Gasteiger partial charge on any atom is -0.219 e. The van der Waals surface area contributed by atoms with E-state index in [1.165, 1.54) is 5.56 Å². The molecule has 0 saturated carbocycles. The minimum absolute atomic E-state index is 0.119. The molecule has 0 aliphatic rings. The van der Waals surface area contributed by atoms with Crippen molar-refractivity contribution in [3.8, 4) is 23.6 Å². The molecule has 1 unspecified atom stereocenters. The van der Waals surface area contributed by atoms with E-state index >= 15 is 0 Å². The molecule has 112 valence electrons. The number of hydrogen-bond acceptors (Lipinski definition) is 4. The van der Waals surface area contributed by atoms with Crippen LogP contribution >= 0.6 is 11.8 Å². The van der Waals surface area contributed by atoms with E-state index in [0.717, 1.165) is 11.3 Å². The summed E-state index contributed by atoms with van der Waals surface area (Å²) in [7, 11) is 0. The molecule has 23 heavy (non-hydrogen) atoms. The number of aromatic nitrogens is 3. The second-order valence-electron chi connectivity index (χ2n) is 4.92. The Balaban J connectivity index is 1.85. The predicted molar refractivity (Wildman–Crippen MR) is 93.8 cm³/mol. The fourth-order valence-electron chi connectivity index (χ4n) is 2.21. The highest BCUT2D eigenvalue weighted by Crippen LogP contribution is 2.35. The van der Waals surface area contributed by atoms with E-state index in [4.69, 9.17) is 6.42 Å². The van der Waals surface area contributed by atoms with Gasteiger partial charge in [-0.3, -0.25) is 0 Å². The van der Waals surface area contributed by atoms with Gasteiger partial charge in [-0.25, -0.2) is 4.98 Å². The van der Waals surface area contributed by atoms with Crippen LogP contribution < -0.4 is 0 Å². The monoisotopic (exact) mass is 317 g/mol. The molecule has 3 rings (SSSR count). The summed E-state index contributed by atoms with van der Waals surface area (Å²) in [6, 6.07) is 20.1. The van der Waals surface area contributed by atoms with E-state index in [1.807, 2.05) is 48.5 Å². The van der Waals surface area contributed by atoms with Crippen molar-refractivity contribution in [1.29, 1.82) is 0 Å². The molecule has 0 bridgehead atoms. The summed E-state index contributed by atoms with van der Waals surface area (Å²) in [5, 5.41) is 8.98. The molecule has 0 radical (unpaired) electrons. The van der Waals surface area contributed by atoms with Gasteiger partial charge in [0.2, 0.25) is 5.16 Å². The standard InChI is InChI=1S/C19H15N3S/c1-2-9-18(16-12-7-4-8-13-16)23-19-21-17(14-20-22-19)15-10-5-3-6-11-15/h1,3-8,10-14,18H,9H2. The lowest BCUT2D eigenvalue weighted by Gasteiger charge is -2.13. The number of terminal acetylenes is 1. The maximum Gasteiger partial charge on any atom is 0.210 e. The number of rotatable bonds is 5. The van der Waals surface area contributed by atoms with Gasteiger partial charge in [-0.1, -0.05) is 72.4 Å². The Morgan fingerprint density at radius 2 is 1.70 bits per heavy atom. The van der Waals surface area contributed by atoms with E-state index in [9.17, 15) is 0 Å². The molecule has 1 heterocycles. The molecule has 2 aromatic carbocycles. The SMILES string of the molecule is C#CCC(Sc1nncc(-c2ccccc2)n1)c1ccccc1. The van der Waals surface area contributed by atoms with Crippen LogP contribution in [0.2, 0.25) is 0 Å². The van der Waals surface area contributed by atoms with Gasteiger partial charge in [-0.15, -0.1) is 17.4 Å². The zero-order chi connectivity index (χ0) is 15.9. The summed E-state index contributed by atoms with van der Waals surface area (Å²) in [4.78, 5) is 4.61. The average molecular weight is 317 g/mol. The van der Waals surface area contributed by atoms with Crippen molar-refractivity contribution >= 4 is 11.8 Å². The van der Waals surface area contributed by atoms with Crippen LogP contribution in [0, 0.1) is 12.3 Å². The third kappa shape index (κ3) is 3.97. The lowest BCUT2D eigenvalue weighted by Crippen LogP contribution is -1.98. The highest BCUT2D eigenvalue weighted by molar-refractivity contribution is 7.99. The Bertz CT molecular complexity index is 798. The van der Waals surface area contributed by atoms with Crippen LogP contribution in [0.1, 0.15) is 17.2 Å². The molecular weight excluding hydrogens is 302 g/mol. The molecule has 0 aliphatic carbocycles. The zero-order valence-corrected chi connectivity index (χ0v) is 13.3. The van der Waals surface area contributed by atoms with Crippen molar-refractivity contribution in [3.63, 3.8) is 0 Å². The Morgan fingerprint density at radius 1 is 1.00 bits per heavy atom. The smallest absolute Gasteiger partial charge is 0.210 e. The normalized spacial score (nSPS) is 11.6. The van der Waals surface area contributed by atoms with Crippen LogP contribution in [-0.2, 0) is 0 Å². The van der Waals surface area contributed by atoms with E-state index in [2.05, 4.69) is 33.2 Å². The van der Waals surface area contributed by atoms with Crippen LogP contribution in [-0.4, -0.2) is 15.2 Å². The van der Waals surface area contributed by atoms with Gasteiger partial charge in [0.1, 0.15) is 0 Å². The Morgan fingerprint density at radius 3 is 2.39 bits per heavy atom. The van der Waals surface area contributed by atoms with Crippen molar-refractivity contribution in [3.05, 3.63) is 72.4 Å². The maximum atomic E-state index is 5.52.